The molecule has 0 spiro atoms. The zero-order chi connectivity index (χ0) is 16.4. The predicted octanol–water partition coefficient (Wildman–Crippen LogP) is 0.735. The Hall–Kier alpha value is -1.71. The van der Waals surface area contributed by atoms with E-state index in [1.165, 1.54) is 27.5 Å². The molecule has 124 valence electrons. The summed E-state index contributed by atoms with van der Waals surface area (Å²) in [5.41, 5.74) is 1.20. The van der Waals surface area contributed by atoms with Crippen LogP contribution >= 0.6 is 11.3 Å². The van der Waals surface area contributed by atoms with Crippen molar-refractivity contribution < 1.29 is 13.2 Å². The van der Waals surface area contributed by atoms with Gasteiger partial charge >= 0.3 is 0 Å². The van der Waals surface area contributed by atoms with Gasteiger partial charge in [0.25, 0.3) is 0 Å². The second kappa shape index (κ2) is 6.42. The fourth-order valence-electron chi connectivity index (χ4n) is 2.53. The van der Waals surface area contributed by atoms with Crippen molar-refractivity contribution >= 4 is 27.3 Å². The first-order chi connectivity index (χ1) is 11.0. The van der Waals surface area contributed by atoms with Crippen molar-refractivity contribution in [3.05, 3.63) is 34.3 Å². The number of sulfonamides is 1. The number of rotatable bonds is 5. The average molecular weight is 354 g/mol. The van der Waals surface area contributed by atoms with Gasteiger partial charge in [-0.3, -0.25) is 9.48 Å². The van der Waals surface area contributed by atoms with Gasteiger partial charge in [0.1, 0.15) is 4.90 Å². The maximum atomic E-state index is 12.2. The van der Waals surface area contributed by atoms with Crippen LogP contribution < -0.4 is 4.72 Å². The van der Waals surface area contributed by atoms with Crippen molar-refractivity contribution in [3.8, 4) is 0 Å². The van der Waals surface area contributed by atoms with Gasteiger partial charge in [0, 0.05) is 44.2 Å². The third-order valence-electron chi connectivity index (χ3n) is 3.78. The summed E-state index contributed by atoms with van der Waals surface area (Å²) in [4.78, 5) is 15.5. The van der Waals surface area contributed by atoms with Crippen molar-refractivity contribution in [2.75, 3.05) is 13.1 Å². The Morgan fingerprint density at radius 2 is 2.30 bits per heavy atom. The molecule has 3 rings (SSSR count). The first-order valence-corrected chi connectivity index (χ1v) is 9.63. The summed E-state index contributed by atoms with van der Waals surface area (Å²) < 4.78 is 28.0. The van der Waals surface area contributed by atoms with Crippen LogP contribution in [0.4, 0.5) is 0 Å². The fourth-order valence-corrected chi connectivity index (χ4v) is 4.44. The second-order valence-corrected chi connectivity index (χ2v) is 8.20. The predicted molar refractivity (Wildman–Crippen MR) is 86.5 cm³/mol. The summed E-state index contributed by atoms with van der Waals surface area (Å²) in [6.07, 6.45) is 3.74. The normalized spacial score (nSPS) is 14.7. The van der Waals surface area contributed by atoms with Crippen LogP contribution in [0.1, 0.15) is 16.9 Å². The van der Waals surface area contributed by atoms with Crippen LogP contribution in [-0.4, -0.2) is 42.1 Å². The molecule has 0 saturated carbocycles. The van der Waals surface area contributed by atoms with Crippen LogP contribution in [0.25, 0.3) is 0 Å². The largest absolute Gasteiger partial charge is 0.338 e. The van der Waals surface area contributed by atoms with E-state index >= 15 is 0 Å². The molecule has 0 bridgehead atoms. The summed E-state index contributed by atoms with van der Waals surface area (Å²) in [6.45, 7) is 1.40. The maximum Gasteiger partial charge on any atom is 0.243 e. The molecule has 0 aliphatic carbocycles. The zero-order valence-corrected chi connectivity index (χ0v) is 14.4. The summed E-state index contributed by atoms with van der Waals surface area (Å²) in [5, 5.41) is 5.88. The Morgan fingerprint density at radius 3 is 3.04 bits per heavy atom. The number of aryl methyl sites for hydroxylation is 1. The lowest BCUT2D eigenvalue weighted by Gasteiger charge is -2.27. The molecule has 9 heteroatoms. The highest BCUT2D eigenvalue weighted by Crippen LogP contribution is 2.24. The van der Waals surface area contributed by atoms with Crippen molar-refractivity contribution in [2.24, 2.45) is 7.05 Å². The molecular formula is C14H18N4O3S2. The Balaban J connectivity index is 1.52. The molecule has 1 amide bonds. The van der Waals surface area contributed by atoms with Gasteiger partial charge in [0.05, 0.1) is 6.20 Å². The molecule has 0 atom stereocenters. The molecule has 7 nitrogen and oxygen atoms in total. The fraction of sp³-hybridized carbons (Fsp3) is 0.429. The molecule has 3 heterocycles. The summed E-state index contributed by atoms with van der Waals surface area (Å²) in [7, 11) is -1.96. The molecular weight excluding hydrogens is 336 g/mol. The standard InChI is InChI=1S/C14H18N4O3S2/c1-17-10-12(8-15-17)23(20,21)16-5-2-14(19)18-6-3-13-11(9-18)4-7-22-13/h4,7-8,10,16H,2-3,5-6,9H2,1H3. The van der Waals surface area contributed by atoms with E-state index in [9.17, 15) is 13.2 Å². The van der Waals surface area contributed by atoms with Crippen LogP contribution in [0.3, 0.4) is 0 Å². The van der Waals surface area contributed by atoms with E-state index in [0.717, 1.165) is 6.42 Å². The van der Waals surface area contributed by atoms with Crippen molar-refractivity contribution in [3.63, 3.8) is 0 Å². The van der Waals surface area contributed by atoms with E-state index in [1.54, 1.807) is 23.3 Å². The number of thiophene rings is 1. The SMILES string of the molecule is Cn1cc(S(=O)(=O)NCCC(=O)N2CCc3sccc3C2)cn1. The average Bonchev–Trinajstić information content (AvgIpc) is 3.14. The summed E-state index contributed by atoms with van der Waals surface area (Å²) >= 11 is 1.72. The first kappa shape index (κ1) is 16.2. The third-order valence-corrected chi connectivity index (χ3v) is 6.22. The van der Waals surface area contributed by atoms with Gasteiger partial charge in [0.2, 0.25) is 15.9 Å². The number of hydrogen-bond acceptors (Lipinski definition) is 5. The van der Waals surface area contributed by atoms with Crippen LogP contribution in [0.5, 0.6) is 0 Å². The molecule has 0 radical (unpaired) electrons. The topological polar surface area (TPSA) is 84.3 Å². The highest BCUT2D eigenvalue weighted by Gasteiger charge is 2.22. The van der Waals surface area contributed by atoms with Gasteiger partial charge in [-0.15, -0.1) is 11.3 Å². The van der Waals surface area contributed by atoms with Gasteiger partial charge in [-0.1, -0.05) is 0 Å². The molecule has 0 fully saturated rings. The van der Waals surface area contributed by atoms with Gasteiger partial charge in [0.15, 0.2) is 0 Å². The Morgan fingerprint density at radius 1 is 1.48 bits per heavy atom. The van der Waals surface area contributed by atoms with E-state index in [1.807, 2.05) is 11.4 Å². The number of carbonyl (C=O) groups is 1. The van der Waals surface area contributed by atoms with E-state index in [2.05, 4.69) is 9.82 Å². The van der Waals surface area contributed by atoms with Crippen LogP contribution in [0.2, 0.25) is 0 Å². The number of aromatic nitrogens is 2. The lowest BCUT2D eigenvalue weighted by Crippen LogP contribution is -2.37. The Labute approximate surface area is 139 Å². The molecule has 23 heavy (non-hydrogen) atoms. The van der Waals surface area contributed by atoms with E-state index in [-0.39, 0.29) is 23.8 Å². The van der Waals surface area contributed by atoms with Crippen molar-refractivity contribution in [1.82, 2.24) is 19.4 Å². The zero-order valence-electron chi connectivity index (χ0n) is 12.7. The Kier molecular flexibility index (Phi) is 4.51. The third kappa shape index (κ3) is 3.62. The number of fused-ring (bicyclic) bond motifs is 1. The van der Waals surface area contributed by atoms with E-state index < -0.39 is 10.0 Å². The van der Waals surface area contributed by atoms with Crippen LogP contribution in [-0.2, 0) is 34.8 Å². The number of hydrogen-bond donors (Lipinski definition) is 1. The Bertz CT molecular complexity index is 810. The van der Waals surface area contributed by atoms with Gasteiger partial charge in [-0.2, -0.15) is 5.10 Å². The minimum Gasteiger partial charge on any atom is -0.338 e. The minimum absolute atomic E-state index is 0.0317. The lowest BCUT2D eigenvalue weighted by atomic mass is 10.1. The summed E-state index contributed by atoms with van der Waals surface area (Å²) in [5.74, 6) is -0.0317. The van der Waals surface area contributed by atoms with Crippen molar-refractivity contribution in [2.45, 2.75) is 24.3 Å². The molecule has 0 unspecified atom stereocenters. The molecule has 1 N–H and O–H groups in total. The lowest BCUT2D eigenvalue weighted by molar-refractivity contribution is -0.131. The smallest absolute Gasteiger partial charge is 0.243 e. The quantitative estimate of drug-likeness (QED) is 0.858. The van der Waals surface area contributed by atoms with Gasteiger partial charge in [-0.05, 0) is 23.4 Å². The van der Waals surface area contributed by atoms with Gasteiger partial charge in [-0.25, -0.2) is 13.1 Å². The van der Waals surface area contributed by atoms with Crippen LogP contribution in [0, 0.1) is 0 Å². The summed E-state index contributed by atoms with van der Waals surface area (Å²) in [6, 6.07) is 2.05. The van der Waals surface area contributed by atoms with E-state index in [4.69, 9.17) is 0 Å². The van der Waals surface area contributed by atoms with Crippen molar-refractivity contribution in [1.29, 1.82) is 0 Å². The molecule has 0 aromatic carbocycles. The number of nitrogens with zero attached hydrogens (tertiary/aromatic N) is 3. The first-order valence-electron chi connectivity index (χ1n) is 7.27. The van der Waals surface area contributed by atoms with E-state index in [0.29, 0.717) is 13.1 Å². The number of nitrogens with one attached hydrogen (secondary N) is 1. The number of carbonyl (C=O) groups excluding carboxylic acids is 1. The molecule has 2 aromatic heterocycles. The van der Waals surface area contributed by atoms with Gasteiger partial charge < -0.3 is 4.90 Å². The number of amides is 1. The molecule has 1 aliphatic rings. The molecule has 1 aliphatic heterocycles. The minimum atomic E-state index is -3.61. The highest BCUT2D eigenvalue weighted by molar-refractivity contribution is 7.89. The van der Waals surface area contributed by atoms with Crippen LogP contribution in [0.15, 0.2) is 28.7 Å². The molecule has 2 aromatic rings. The maximum absolute atomic E-state index is 12.2. The highest BCUT2D eigenvalue weighted by atomic mass is 32.2. The monoisotopic (exact) mass is 354 g/mol. The molecule has 0 saturated heterocycles. The second-order valence-electron chi connectivity index (χ2n) is 5.43.